The third kappa shape index (κ3) is 1.80. The molecule has 0 radical (unpaired) electrons. The molecule has 2 N–H and O–H groups in total. The average Bonchev–Trinajstić information content (AvgIpc) is 2.93. The molecule has 1 aliphatic heterocycles. The first-order chi connectivity index (χ1) is 7.67. The summed E-state index contributed by atoms with van der Waals surface area (Å²) < 4.78 is 5.87. The number of hydrogen-bond acceptors (Lipinski definition) is 2. The maximum atomic E-state index is 6.40. The van der Waals surface area contributed by atoms with Crippen molar-refractivity contribution in [1.82, 2.24) is 0 Å². The lowest BCUT2D eigenvalue weighted by Crippen LogP contribution is -2.46. The number of nitrogens with two attached hydrogens (primary N) is 1. The van der Waals surface area contributed by atoms with Gasteiger partial charge in [-0.2, -0.15) is 0 Å². The molecule has 2 heteroatoms. The number of ether oxygens (including phenoxy) is 1. The molecular formula is C14H25NO. The Morgan fingerprint density at radius 2 is 2.25 bits per heavy atom. The highest BCUT2D eigenvalue weighted by Gasteiger charge is 2.43. The van der Waals surface area contributed by atoms with Gasteiger partial charge in [-0.05, 0) is 63.2 Å². The Labute approximate surface area is 98.9 Å². The molecule has 16 heavy (non-hydrogen) atoms. The highest BCUT2D eigenvalue weighted by atomic mass is 16.5. The van der Waals surface area contributed by atoms with Gasteiger partial charge >= 0.3 is 0 Å². The lowest BCUT2D eigenvalue weighted by Gasteiger charge is -2.34. The summed E-state index contributed by atoms with van der Waals surface area (Å²) in [6.45, 7) is 3.14. The van der Waals surface area contributed by atoms with Crippen LogP contribution in [0.3, 0.4) is 0 Å². The molecule has 5 unspecified atom stereocenters. The highest BCUT2D eigenvalue weighted by molar-refractivity contribution is 4.96. The van der Waals surface area contributed by atoms with Gasteiger partial charge in [-0.3, -0.25) is 0 Å². The van der Waals surface area contributed by atoms with E-state index in [0.717, 1.165) is 30.8 Å². The summed E-state index contributed by atoms with van der Waals surface area (Å²) in [6.07, 6.45) is 9.47. The van der Waals surface area contributed by atoms with Crippen LogP contribution in [0.15, 0.2) is 0 Å². The Bertz CT molecular complexity index is 259. The maximum Gasteiger partial charge on any atom is 0.0805 e. The normalized spacial score (nSPS) is 48.8. The predicted octanol–water partition coefficient (Wildman–Crippen LogP) is 2.71. The Hall–Kier alpha value is -0.0800. The average molecular weight is 223 g/mol. The minimum absolute atomic E-state index is 0.0121. The molecule has 0 aromatic rings. The largest absolute Gasteiger partial charge is 0.374 e. The second-order valence-corrected chi connectivity index (χ2v) is 6.54. The zero-order valence-corrected chi connectivity index (χ0v) is 10.5. The van der Waals surface area contributed by atoms with E-state index in [1.165, 1.54) is 38.5 Å². The Kier molecular flexibility index (Phi) is 2.75. The lowest BCUT2D eigenvalue weighted by atomic mass is 9.80. The summed E-state index contributed by atoms with van der Waals surface area (Å²) in [5, 5.41) is 0. The van der Waals surface area contributed by atoms with E-state index in [2.05, 4.69) is 6.92 Å². The molecular weight excluding hydrogens is 198 g/mol. The predicted molar refractivity (Wildman–Crippen MR) is 65.1 cm³/mol. The Balaban J connectivity index is 1.58. The van der Waals surface area contributed by atoms with Crippen LogP contribution in [0, 0.1) is 17.8 Å². The molecule has 0 aromatic heterocycles. The van der Waals surface area contributed by atoms with Gasteiger partial charge in [0, 0.05) is 12.6 Å². The Morgan fingerprint density at radius 1 is 1.38 bits per heavy atom. The molecule has 3 aliphatic rings. The van der Waals surface area contributed by atoms with Crippen molar-refractivity contribution in [1.29, 1.82) is 0 Å². The van der Waals surface area contributed by atoms with Crippen molar-refractivity contribution < 1.29 is 4.74 Å². The quantitative estimate of drug-likeness (QED) is 0.798. The van der Waals surface area contributed by atoms with Crippen molar-refractivity contribution in [2.24, 2.45) is 23.5 Å². The van der Waals surface area contributed by atoms with Gasteiger partial charge < -0.3 is 10.5 Å². The lowest BCUT2D eigenvalue weighted by molar-refractivity contribution is -0.00910. The molecule has 92 valence electrons. The zero-order chi connectivity index (χ0) is 11.2. The summed E-state index contributed by atoms with van der Waals surface area (Å²) in [5.74, 6) is 2.95. The smallest absolute Gasteiger partial charge is 0.0805 e. The number of fused-ring (bicyclic) bond motifs is 2. The van der Waals surface area contributed by atoms with Gasteiger partial charge in [0.15, 0.2) is 0 Å². The molecule has 0 aromatic carbocycles. The minimum Gasteiger partial charge on any atom is -0.374 e. The molecule has 3 rings (SSSR count). The van der Waals surface area contributed by atoms with Crippen molar-refractivity contribution >= 4 is 0 Å². The van der Waals surface area contributed by atoms with Crippen LogP contribution in [0.1, 0.15) is 51.9 Å². The van der Waals surface area contributed by atoms with E-state index in [1.54, 1.807) is 0 Å². The standard InChI is InChI=1S/C14H25NO/c1-14(5-2-6-16-14)13(15)9-12-8-10-3-4-11(12)7-10/h10-13H,2-9,15H2,1H3. The van der Waals surface area contributed by atoms with Gasteiger partial charge in [-0.25, -0.2) is 0 Å². The molecule has 2 aliphatic carbocycles. The van der Waals surface area contributed by atoms with Crippen LogP contribution in [0.5, 0.6) is 0 Å². The summed E-state index contributed by atoms with van der Waals surface area (Å²) in [5.41, 5.74) is 6.39. The third-order valence-electron chi connectivity index (χ3n) is 5.47. The molecule has 2 bridgehead atoms. The van der Waals surface area contributed by atoms with Crippen LogP contribution in [-0.2, 0) is 4.74 Å². The van der Waals surface area contributed by atoms with Crippen LogP contribution in [0.2, 0.25) is 0 Å². The van der Waals surface area contributed by atoms with E-state index in [1.807, 2.05) is 0 Å². The van der Waals surface area contributed by atoms with Crippen LogP contribution in [-0.4, -0.2) is 18.2 Å². The van der Waals surface area contributed by atoms with E-state index in [4.69, 9.17) is 10.5 Å². The maximum absolute atomic E-state index is 6.40. The van der Waals surface area contributed by atoms with E-state index in [9.17, 15) is 0 Å². The summed E-state index contributed by atoms with van der Waals surface area (Å²) >= 11 is 0. The molecule has 2 nitrogen and oxygen atoms in total. The zero-order valence-electron chi connectivity index (χ0n) is 10.5. The van der Waals surface area contributed by atoms with Gasteiger partial charge in [0.1, 0.15) is 0 Å². The first-order valence-corrected chi connectivity index (χ1v) is 7.07. The molecule has 5 atom stereocenters. The minimum atomic E-state index is -0.0121. The highest BCUT2D eigenvalue weighted by Crippen LogP contribution is 2.50. The van der Waals surface area contributed by atoms with E-state index < -0.39 is 0 Å². The van der Waals surface area contributed by atoms with E-state index in [-0.39, 0.29) is 11.6 Å². The van der Waals surface area contributed by atoms with Crippen LogP contribution in [0.25, 0.3) is 0 Å². The monoisotopic (exact) mass is 223 g/mol. The van der Waals surface area contributed by atoms with Crippen molar-refractivity contribution in [2.45, 2.75) is 63.5 Å². The molecule has 0 amide bonds. The summed E-state index contributed by atoms with van der Waals surface area (Å²) in [4.78, 5) is 0. The van der Waals surface area contributed by atoms with Gasteiger partial charge in [0.25, 0.3) is 0 Å². The molecule has 3 fully saturated rings. The SMILES string of the molecule is CC1(C(N)CC2CC3CCC2C3)CCCO1. The fraction of sp³-hybridized carbons (Fsp3) is 1.00. The fourth-order valence-electron chi connectivity index (χ4n) is 4.33. The van der Waals surface area contributed by atoms with Gasteiger partial charge in [-0.15, -0.1) is 0 Å². The summed E-state index contributed by atoms with van der Waals surface area (Å²) in [7, 11) is 0. The number of rotatable bonds is 3. The van der Waals surface area contributed by atoms with E-state index in [0.29, 0.717) is 0 Å². The molecule has 0 spiro atoms. The van der Waals surface area contributed by atoms with Crippen LogP contribution in [0.4, 0.5) is 0 Å². The van der Waals surface area contributed by atoms with Crippen LogP contribution < -0.4 is 5.73 Å². The van der Waals surface area contributed by atoms with Crippen molar-refractivity contribution in [3.8, 4) is 0 Å². The Morgan fingerprint density at radius 3 is 2.81 bits per heavy atom. The van der Waals surface area contributed by atoms with Crippen LogP contribution >= 0.6 is 0 Å². The first-order valence-electron chi connectivity index (χ1n) is 7.07. The second-order valence-electron chi connectivity index (χ2n) is 6.54. The fourth-order valence-corrected chi connectivity index (χ4v) is 4.33. The second kappa shape index (κ2) is 3.99. The van der Waals surface area contributed by atoms with Crippen molar-refractivity contribution in [2.75, 3.05) is 6.61 Å². The van der Waals surface area contributed by atoms with Crippen molar-refractivity contribution in [3.05, 3.63) is 0 Å². The third-order valence-corrected chi connectivity index (χ3v) is 5.47. The number of hydrogen-bond donors (Lipinski definition) is 1. The molecule has 1 saturated heterocycles. The van der Waals surface area contributed by atoms with Gasteiger partial charge in [0.05, 0.1) is 5.60 Å². The summed E-state index contributed by atoms with van der Waals surface area (Å²) in [6, 6.07) is 0.263. The van der Waals surface area contributed by atoms with Gasteiger partial charge in [-0.1, -0.05) is 6.42 Å². The topological polar surface area (TPSA) is 35.2 Å². The van der Waals surface area contributed by atoms with Gasteiger partial charge in [0.2, 0.25) is 0 Å². The molecule has 1 heterocycles. The first kappa shape index (κ1) is 11.0. The molecule has 2 saturated carbocycles. The van der Waals surface area contributed by atoms with Crippen molar-refractivity contribution in [3.63, 3.8) is 0 Å². The van der Waals surface area contributed by atoms with E-state index >= 15 is 0 Å².